The van der Waals surface area contributed by atoms with Gasteiger partial charge in [0.15, 0.2) is 0 Å². The predicted molar refractivity (Wildman–Crippen MR) is 40.9 cm³/mol. The highest BCUT2D eigenvalue weighted by molar-refractivity contribution is 6.30. The summed E-state index contributed by atoms with van der Waals surface area (Å²) in [5, 5.41) is 8.98. The smallest absolute Gasteiger partial charge is 0.335 e. The Balaban J connectivity index is 0.000001000. The molecule has 1 N–H and O–H groups in total. The number of rotatable bonds is 1. The van der Waals surface area contributed by atoms with E-state index in [0.29, 0.717) is 5.02 Å². The molecular formula is C7H6ClFO2. The van der Waals surface area contributed by atoms with Crippen LogP contribution < -0.4 is 0 Å². The fourth-order valence-corrected chi connectivity index (χ4v) is 0.718. The topological polar surface area (TPSA) is 37.3 Å². The molecule has 2 nitrogen and oxygen atoms in total. The molecule has 0 unspecified atom stereocenters. The summed E-state index contributed by atoms with van der Waals surface area (Å²) in [5.41, 5.74) is 0.254. The normalized spacial score (nSPS) is 8.45. The lowest BCUT2D eigenvalue weighted by molar-refractivity contribution is 0.0697. The number of hydrogen-bond acceptors (Lipinski definition) is 1. The third-order valence-electron chi connectivity index (χ3n) is 1.09. The van der Waals surface area contributed by atoms with E-state index in [2.05, 4.69) is 0 Å². The minimum absolute atomic E-state index is 0. The van der Waals surface area contributed by atoms with Crippen molar-refractivity contribution < 1.29 is 14.6 Å². The van der Waals surface area contributed by atoms with Gasteiger partial charge in [0.05, 0.1) is 5.56 Å². The van der Waals surface area contributed by atoms with Gasteiger partial charge in [0, 0.05) is 5.02 Å². The number of carboxylic acid groups (broad SMARTS) is 1. The van der Waals surface area contributed by atoms with Gasteiger partial charge >= 0.3 is 5.97 Å². The summed E-state index contributed by atoms with van der Waals surface area (Å²) in [6.45, 7) is 0. The lowest BCUT2D eigenvalue weighted by Gasteiger charge is -1.91. The second-order valence-corrected chi connectivity index (χ2v) is 2.25. The van der Waals surface area contributed by atoms with Crippen LogP contribution in [-0.2, 0) is 0 Å². The van der Waals surface area contributed by atoms with E-state index in [9.17, 15) is 4.79 Å². The average molecular weight is 177 g/mol. The zero-order chi connectivity index (χ0) is 7.56. The summed E-state index contributed by atoms with van der Waals surface area (Å²) in [6, 6.07) is 6.02. The van der Waals surface area contributed by atoms with Gasteiger partial charge in [0.2, 0.25) is 0 Å². The maximum Gasteiger partial charge on any atom is 0.335 e. The Hall–Kier alpha value is -1.09. The fraction of sp³-hybridized carbons (Fsp3) is 0. The van der Waals surface area contributed by atoms with Crippen molar-refractivity contribution in [3.05, 3.63) is 34.9 Å². The van der Waals surface area contributed by atoms with E-state index in [1.165, 1.54) is 12.1 Å². The summed E-state index contributed by atoms with van der Waals surface area (Å²) in [7, 11) is 0. The number of benzene rings is 1. The monoisotopic (exact) mass is 176 g/mol. The second kappa shape index (κ2) is 3.93. The first-order chi connectivity index (χ1) is 4.70. The molecule has 0 spiro atoms. The van der Waals surface area contributed by atoms with Crippen molar-refractivity contribution >= 4 is 17.6 Å². The highest BCUT2D eigenvalue weighted by Gasteiger charge is 1.99. The molecule has 0 bridgehead atoms. The zero-order valence-electron chi connectivity index (χ0n) is 5.45. The van der Waals surface area contributed by atoms with E-state index in [1.54, 1.807) is 12.1 Å². The van der Waals surface area contributed by atoms with Crippen molar-refractivity contribution in [2.24, 2.45) is 0 Å². The van der Waals surface area contributed by atoms with Crippen LogP contribution in [-0.4, -0.2) is 11.1 Å². The van der Waals surface area contributed by atoms with Gasteiger partial charge in [-0.15, -0.1) is 0 Å². The molecule has 0 saturated carbocycles. The highest BCUT2D eigenvalue weighted by atomic mass is 35.5. The summed E-state index contributed by atoms with van der Waals surface area (Å²) in [4.78, 5) is 10.3. The van der Waals surface area contributed by atoms with Gasteiger partial charge in [-0.05, 0) is 24.3 Å². The van der Waals surface area contributed by atoms with Crippen molar-refractivity contribution in [1.82, 2.24) is 0 Å². The number of aromatic carboxylic acids is 1. The molecule has 0 aromatic heterocycles. The molecule has 11 heavy (non-hydrogen) atoms. The number of carboxylic acids is 1. The molecule has 0 fully saturated rings. The van der Waals surface area contributed by atoms with Crippen molar-refractivity contribution in [1.29, 1.82) is 0 Å². The minimum atomic E-state index is -0.934. The van der Waals surface area contributed by atoms with Crippen molar-refractivity contribution in [3.63, 3.8) is 0 Å². The number of halogens is 2. The Kier molecular flexibility index (Phi) is 3.54. The minimum Gasteiger partial charge on any atom is -0.478 e. The zero-order valence-corrected chi connectivity index (χ0v) is 6.21. The van der Waals surface area contributed by atoms with Crippen molar-refractivity contribution in [2.75, 3.05) is 0 Å². The first kappa shape index (κ1) is 9.91. The van der Waals surface area contributed by atoms with Gasteiger partial charge in [0.25, 0.3) is 0 Å². The third-order valence-corrected chi connectivity index (χ3v) is 1.34. The van der Waals surface area contributed by atoms with Gasteiger partial charge < -0.3 is 5.11 Å². The van der Waals surface area contributed by atoms with Crippen molar-refractivity contribution in [3.8, 4) is 0 Å². The Morgan fingerprint density at radius 1 is 1.27 bits per heavy atom. The van der Waals surface area contributed by atoms with Crippen LogP contribution in [0.1, 0.15) is 10.4 Å². The SMILES string of the molecule is F.O=C(O)c1ccc(Cl)cc1. The van der Waals surface area contributed by atoms with Crippen LogP contribution in [0.25, 0.3) is 0 Å². The third kappa shape index (κ3) is 2.55. The van der Waals surface area contributed by atoms with E-state index in [0.717, 1.165) is 0 Å². The maximum atomic E-state index is 10.3. The van der Waals surface area contributed by atoms with Crippen LogP contribution in [0.5, 0.6) is 0 Å². The summed E-state index contributed by atoms with van der Waals surface area (Å²) in [6.07, 6.45) is 0. The van der Waals surface area contributed by atoms with E-state index in [4.69, 9.17) is 16.7 Å². The molecule has 0 saturated heterocycles. The van der Waals surface area contributed by atoms with Crippen LogP contribution in [0.4, 0.5) is 4.70 Å². The fourth-order valence-electron chi connectivity index (χ4n) is 0.592. The molecule has 0 radical (unpaired) electrons. The van der Waals surface area contributed by atoms with E-state index in [1.807, 2.05) is 0 Å². The lowest BCUT2D eigenvalue weighted by Crippen LogP contribution is -1.94. The molecule has 0 atom stereocenters. The molecule has 0 heterocycles. The molecule has 0 amide bonds. The van der Waals surface area contributed by atoms with Crippen LogP contribution >= 0.6 is 11.6 Å². The van der Waals surface area contributed by atoms with Crippen LogP contribution in [0.2, 0.25) is 5.02 Å². The first-order valence-corrected chi connectivity index (χ1v) is 3.07. The highest BCUT2D eigenvalue weighted by Crippen LogP contribution is 2.08. The van der Waals surface area contributed by atoms with E-state index >= 15 is 0 Å². The van der Waals surface area contributed by atoms with E-state index in [-0.39, 0.29) is 10.3 Å². The molecule has 0 aliphatic rings. The van der Waals surface area contributed by atoms with Gasteiger partial charge in [0.1, 0.15) is 0 Å². The molecule has 0 aliphatic heterocycles. The molecule has 1 aromatic rings. The average Bonchev–Trinajstić information content (AvgIpc) is 1.88. The largest absolute Gasteiger partial charge is 0.478 e. The van der Waals surface area contributed by atoms with Gasteiger partial charge in [-0.2, -0.15) is 0 Å². The van der Waals surface area contributed by atoms with Gasteiger partial charge in [-0.3, -0.25) is 4.70 Å². The molecule has 0 aliphatic carbocycles. The van der Waals surface area contributed by atoms with Crippen LogP contribution in [0.3, 0.4) is 0 Å². The maximum absolute atomic E-state index is 10.3. The van der Waals surface area contributed by atoms with Crippen LogP contribution in [0.15, 0.2) is 24.3 Å². The Morgan fingerprint density at radius 2 is 1.73 bits per heavy atom. The number of carbonyl (C=O) groups is 1. The number of hydrogen-bond donors (Lipinski definition) is 1. The molecule has 1 rings (SSSR count). The summed E-state index contributed by atoms with van der Waals surface area (Å²) >= 11 is 5.52. The summed E-state index contributed by atoms with van der Waals surface area (Å²) in [5.74, 6) is -0.934. The lowest BCUT2D eigenvalue weighted by atomic mass is 10.2. The quantitative estimate of drug-likeness (QED) is 0.712. The Bertz CT molecular complexity index is 245. The molecular weight excluding hydrogens is 171 g/mol. The standard InChI is InChI=1S/C7H5ClO2.FH/c8-6-3-1-5(2-4-6)7(9)10;/h1-4H,(H,9,10);1H. The predicted octanol–water partition coefficient (Wildman–Crippen LogP) is 2.19. The van der Waals surface area contributed by atoms with Crippen molar-refractivity contribution in [2.45, 2.75) is 0 Å². The molecule has 1 aromatic carbocycles. The molecule has 60 valence electrons. The second-order valence-electron chi connectivity index (χ2n) is 1.81. The molecule has 4 heteroatoms. The first-order valence-electron chi connectivity index (χ1n) is 2.69. The van der Waals surface area contributed by atoms with Gasteiger partial charge in [-0.1, -0.05) is 11.6 Å². The van der Waals surface area contributed by atoms with Crippen LogP contribution in [0, 0.1) is 0 Å². The Labute approximate surface area is 67.8 Å². The van der Waals surface area contributed by atoms with E-state index < -0.39 is 5.97 Å². The van der Waals surface area contributed by atoms with Gasteiger partial charge in [-0.25, -0.2) is 4.79 Å². The Morgan fingerprint density at radius 3 is 2.09 bits per heavy atom. The summed E-state index contributed by atoms with van der Waals surface area (Å²) < 4.78 is 0.